The van der Waals surface area contributed by atoms with E-state index in [9.17, 15) is 0 Å². The Morgan fingerprint density at radius 3 is 2.33 bits per heavy atom. The van der Waals surface area contributed by atoms with Gasteiger partial charge in [-0.2, -0.15) is 0 Å². The summed E-state index contributed by atoms with van der Waals surface area (Å²) in [5.74, 6) is 0. The van der Waals surface area contributed by atoms with Gasteiger partial charge < -0.3 is 8.92 Å². The lowest BCUT2D eigenvalue weighted by molar-refractivity contribution is 0.0319. The molecule has 0 unspecified atom stereocenters. The summed E-state index contributed by atoms with van der Waals surface area (Å²) in [5.41, 5.74) is 1.09. The van der Waals surface area contributed by atoms with Gasteiger partial charge in [0.15, 0.2) is 0 Å². The van der Waals surface area contributed by atoms with Crippen LogP contribution < -0.4 is 0 Å². The second-order valence-electron chi connectivity index (χ2n) is 5.41. The maximum absolute atomic E-state index is 5.87. The Bertz CT molecular complexity index is 344. The monoisotopic (exact) mass is 268 g/mol. The van der Waals surface area contributed by atoms with E-state index in [1.807, 2.05) is 0 Å². The maximum Gasteiger partial charge on any atom is 0.0799 e. The molecule has 0 heterocycles. The Balaban J connectivity index is 2.34. The van der Waals surface area contributed by atoms with Crippen LogP contribution in [0.1, 0.15) is 39.7 Å². The summed E-state index contributed by atoms with van der Waals surface area (Å²) in [6.07, 6.45) is 1.18. The summed E-state index contributed by atoms with van der Waals surface area (Å²) in [4.78, 5) is 1.14. The molecule has 0 aromatic heterocycles. The molecule has 0 spiro atoms. The van der Waals surface area contributed by atoms with Crippen LogP contribution in [0.2, 0.25) is 0 Å². The molecule has 1 rings (SSSR count). The van der Waals surface area contributed by atoms with Crippen molar-refractivity contribution >= 4 is 12.0 Å². The second kappa shape index (κ2) is 7.17. The normalized spacial score (nSPS) is 12.1. The summed E-state index contributed by atoms with van der Waals surface area (Å²) in [6, 6.07) is 8.36. The number of ether oxygens (including phenoxy) is 1. The molecule has 18 heavy (non-hydrogen) atoms. The van der Waals surface area contributed by atoms with Gasteiger partial charge in [-0.3, -0.25) is 0 Å². The highest BCUT2D eigenvalue weighted by Gasteiger charge is 2.19. The lowest BCUT2D eigenvalue weighted by Crippen LogP contribution is -2.24. The Morgan fingerprint density at radius 1 is 1.17 bits per heavy atom. The quantitative estimate of drug-likeness (QED) is 0.673. The molecule has 1 aromatic carbocycles. The van der Waals surface area contributed by atoms with Crippen LogP contribution in [0.15, 0.2) is 29.2 Å². The lowest BCUT2D eigenvalue weighted by Gasteiger charge is -2.24. The van der Waals surface area contributed by atoms with Crippen LogP contribution in [0.5, 0.6) is 0 Å². The molecular weight excluding hydrogens is 244 g/mol. The van der Waals surface area contributed by atoms with Crippen molar-refractivity contribution in [3.8, 4) is 0 Å². The van der Waals surface area contributed by atoms with Gasteiger partial charge in [0.2, 0.25) is 0 Å². The van der Waals surface area contributed by atoms with E-state index in [2.05, 4.69) is 58.9 Å². The molecule has 2 nitrogen and oxygen atoms in total. The fourth-order valence-corrected chi connectivity index (χ4v) is 1.99. The number of hydrogen-bond acceptors (Lipinski definition) is 3. The van der Waals surface area contributed by atoms with Crippen molar-refractivity contribution in [3.63, 3.8) is 0 Å². The van der Waals surface area contributed by atoms with E-state index >= 15 is 0 Å². The Labute approximate surface area is 115 Å². The van der Waals surface area contributed by atoms with E-state index in [0.717, 1.165) is 17.9 Å². The van der Waals surface area contributed by atoms with E-state index in [1.165, 1.54) is 17.6 Å². The number of benzene rings is 1. The van der Waals surface area contributed by atoms with Crippen LogP contribution in [0, 0.1) is 6.92 Å². The van der Waals surface area contributed by atoms with Crippen molar-refractivity contribution in [2.45, 2.75) is 57.6 Å². The minimum Gasteiger partial charge on any atom is -0.379 e. The number of aryl methyl sites for hydroxylation is 1. The zero-order valence-corrected chi connectivity index (χ0v) is 12.8. The summed E-state index contributed by atoms with van der Waals surface area (Å²) in [7, 11) is 0. The third-order valence-corrected chi connectivity index (χ3v) is 3.54. The lowest BCUT2D eigenvalue weighted by atomic mass is 10.1. The molecule has 0 radical (unpaired) electrons. The molecule has 0 N–H and O–H groups in total. The summed E-state index contributed by atoms with van der Waals surface area (Å²) < 4.78 is 11.4. The zero-order chi connectivity index (χ0) is 13.6. The van der Waals surface area contributed by atoms with Crippen LogP contribution >= 0.6 is 12.0 Å². The molecule has 0 saturated carbocycles. The van der Waals surface area contributed by atoms with Crippen molar-refractivity contribution in [1.82, 2.24) is 0 Å². The molecule has 1 aromatic rings. The third kappa shape index (κ3) is 6.43. The fourth-order valence-electron chi connectivity index (χ4n) is 1.34. The molecule has 0 fully saturated rings. The van der Waals surface area contributed by atoms with Gasteiger partial charge in [-0.15, -0.1) is 0 Å². The van der Waals surface area contributed by atoms with Crippen molar-refractivity contribution in [2.75, 3.05) is 6.61 Å². The van der Waals surface area contributed by atoms with Crippen LogP contribution in [-0.2, 0) is 8.92 Å². The highest BCUT2D eigenvalue weighted by atomic mass is 32.2. The van der Waals surface area contributed by atoms with Gasteiger partial charge in [0.05, 0.1) is 11.7 Å². The highest BCUT2D eigenvalue weighted by molar-refractivity contribution is 7.94. The fraction of sp³-hybridized carbons (Fsp3) is 0.600. The summed E-state index contributed by atoms with van der Waals surface area (Å²) in [5, 5.41) is 0. The van der Waals surface area contributed by atoms with E-state index in [1.54, 1.807) is 0 Å². The molecule has 102 valence electrons. The average molecular weight is 268 g/mol. The number of rotatable bonds is 7. The van der Waals surface area contributed by atoms with Crippen LogP contribution in [0.4, 0.5) is 0 Å². The molecule has 0 bridgehead atoms. The van der Waals surface area contributed by atoms with Crippen molar-refractivity contribution < 1.29 is 8.92 Å². The first kappa shape index (κ1) is 15.5. The Morgan fingerprint density at radius 2 is 1.78 bits per heavy atom. The SMILES string of the molecule is Cc1ccc(SOC(C)(C)CCOC(C)C)cc1. The van der Waals surface area contributed by atoms with E-state index in [4.69, 9.17) is 8.92 Å². The van der Waals surface area contributed by atoms with Gasteiger partial charge in [0, 0.05) is 30.0 Å². The smallest absolute Gasteiger partial charge is 0.0799 e. The van der Waals surface area contributed by atoms with Crippen molar-refractivity contribution in [3.05, 3.63) is 29.8 Å². The molecule has 3 heteroatoms. The van der Waals surface area contributed by atoms with Gasteiger partial charge >= 0.3 is 0 Å². The van der Waals surface area contributed by atoms with Crippen LogP contribution in [-0.4, -0.2) is 18.3 Å². The minimum absolute atomic E-state index is 0.176. The largest absolute Gasteiger partial charge is 0.379 e. The van der Waals surface area contributed by atoms with Gasteiger partial charge in [0.1, 0.15) is 0 Å². The summed E-state index contributed by atoms with van der Waals surface area (Å²) in [6.45, 7) is 11.1. The van der Waals surface area contributed by atoms with Gasteiger partial charge in [0.25, 0.3) is 0 Å². The minimum atomic E-state index is -0.176. The average Bonchev–Trinajstić information content (AvgIpc) is 2.27. The van der Waals surface area contributed by atoms with Crippen molar-refractivity contribution in [2.24, 2.45) is 0 Å². The second-order valence-corrected chi connectivity index (χ2v) is 6.21. The Hall–Kier alpha value is -0.510. The van der Waals surface area contributed by atoms with Crippen LogP contribution in [0.25, 0.3) is 0 Å². The third-order valence-electron chi connectivity index (χ3n) is 2.54. The van der Waals surface area contributed by atoms with Gasteiger partial charge in [-0.1, -0.05) is 17.7 Å². The maximum atomic E-state index is 5.87. The standard InChI is InChI=1S/C15H24O2S/c1-12(2)16-11-10-15(4,5)17-18-14-8-6-13(3)7-9-14/h6-9,12H,10-11H2,1-5H3. The number of hydrogen-bond donors (Lipinski definition) is 0. The van der Waals surface area contributed by atoms with Crippen molar-refractivity contribution in [1.29, 1.82) is 0 Å². The van der Waals surface area contributed by atoms with E-state index < -0.39 is 0 Å². The van der Waals surface area contributed by atoms with E-state index in [0.29, 0.717) is 0 Å². The molecule has 0 saturated heterocycles. The van der Waals surface area contributed by atoms with Crippen LogP contribution in [0.3, 0.4) is 0 Å². The molecule has 0 aliphatic heterocycles. The molecular formula is C15H24O2S. The first-order valence-corrected chi connectivity index (χ1v) is 7.17. The van der Waals surface area contributed by atoms with E-state index in [-0.39, 0.29) is 11.7 Å². The zero-order valence-electron chi connectivity index (χ0n) is 12.0. The van der Waals surface area contributed by atoms with Gasteiger partial charge in [-0.25, -0.2) is 0 Å². The predicted octanol–water partition coefficient (Wildman–Crippen LogP) is 4.61. The Kier molecular flexibility index (Phi) is 6.19. The first-order chi connectivity index (χ1) is 8.39. The summed E-state index contributed by atoms with van der Waals surface area (Å²) >= 11 is 1.44. The molecule has 0 amide bonds. The highest BCUT2D eigenvalue weighted by Crippen LogP contribution is 2.28. The van der Waals surface area contributed by atoms with Gasteiger partial charge in [-0.05, 0) is 46.8 Å². The molecule has 0 atom stereocenters. The predicted molar refractivity (Wildman–Crippen MR) is 77.9 cm³/mol. The topological polar surface area (TPSA) is 18.5 Å². The first-order valence-electron chi connectivity index (χ1n) is 6.43. The molecule has 0 aliphatic rings. The molecule has 0 aliphatic carbocycles.